The molecule has 48 valence electrons. The molecule has 0 aromatic heterocycles. The molecule has 0 spiro atoms. The minimum Gasteiger partial charge on any atom is -0.121 e. The van der Waals surface area contributed by atoms with Crippen LogP contribution >= 0.6 is 23.2 Å². The molecule has 0 fully saturated rings. The lowest BCUT2D eigenvalue weighted by atomic mass is 10.1. The van der Waals surface area contributed by atoms with Crippen molar-refractivity contribution < 1.29 is 0 Å². The second-order valence-electron chi connectivity index (χ2n) is 1.97. The third kappa shape index (κ3) is 2.06. The molecule has 0 N–H and O–H groups in total. The molecule has 2 heteroatoms. The van der Waals surface area contributed by atoms with Crippen LogP contribution in [0.1, 0.15) is 13.8 Å². The first-order valence-electron chi connectivity index (χ1n) is 2.47. The van der Waals surface area contributed by atoms with E-state index in [-0.39, 0.29) is 5.38 Å². The van der Waals surface area contributed by atoms with Crippen LogP contribution in [0, 0.1) is 0 Å². The Hall–Kier alpha value is 0.320. The zero-order valence-corrected chi connectivity index (χ0v) is 6.63. The van der Waals surface area contributed by atoms with Crippen LogP contribution in [0.25, 0.3) is 0 Å². The SMILES string of the molecule is C=C[C@](C)(Cl)[C@H](C)Cl. The summed E-state index contributed by atoms with van der Waals surface area (Å²) in [7, 11) is 0. The lowest BCUT2D eigenvalue weighted by molar-refractivity contribution is 0.753. The monoisotopic (exact) mass is 152 g/mol. The molecule has 0 amide bonds. The van der Waals surface area contributed by atoms with E-state index in [1.807, 2.05) is 13.8 Å². The molecule has 0 nitrogen and oxygen atoms in total. The molecular weight excluding hydrogens is 143 g/mol. The first kappa shape index (κ1) is 8.32. The highest BCUT2D eigenvalue weighted by molar-refractivity contribution is 6.33. The van der Waals surface area contributed by atoms with Crippen LogP contribution in [-0.4, -0.2) is 10.3 Å². The summed E-state index contributed by atoms with van der Waals surface area (Å²) in [4.78, 5) is -0.457. The number of alkyl halides is 2. The minimum absolute atomic E-state index is 0.0679. The summed E-state index contributed by atoms with van der Waals surface area (Å²) in [5.41, 5.74) is 0. The van der Waals surface area contributed by atoms with E-state index in [0.717, 1.165) is 0 Å². The van der Waals surface area contributed by atoms with Crippen LogP contribution in [0.5, 0.6) is 0 Å². The fourth-order valence-electron chi connectivity index (χ4n) is 0.162. The van der Waals surface area contributed by atoms with E-state index in [9.17, 15) is 0 Å². The quantitative estimate of drug-likeness (QED) is 0.422. The van der Waals surface area contributed by atoms with Gasteiger partial charge in [-0.05, 0) is 13.8 Å². The molecular formula is C6H10Cl2. The van der Waals surface area contributed by atoms with Gasteiger partial charge in [-0.15, -0.1) is 29.8 Å². The second-order valence-corrected chi connectivity index (χ2v) is 3.44. The van der Waals surface area contributed by atoms with Crippen molar-refractivity contribution in [3.8, 4) is 0 Å². The molecule has 0 aliphatic rings. The van der Waals surface area contributed by atoms with Crippen LogP contribution in [0.15, 0.2) is 12.7 Å². The minimum atomic E-state index is -0.457. The molecule has 0 rings (SSSR count). The van der Waals surface area contributed by atoms with E-state index in [2.05, 4.69) is 6.58 Å². The first-order chi connectivity index (χ1) is 3.50. The van der Waals surface area contributed by atoms with E-state index >= 15 is 0 Å². The summed E-state index contributed by atoms with van der Waals surface area (Å²) >= 11 is 11.5. The molecule has 0 saturated heterocycles. The summed E-state index contributed by atoms with van der Waals surface area (Å²) in [6, 6.07) is 0. The topological polar surface area (TPSA) is 0 Å². The molecule has 0 heterocycles. The Morgan fingerprint density at radius 3 is 2.12 bits per heavy atom. The van der Waals surface area contributed by atoms with Crippen LogP contribution in [0.3, 0.4) is 0 Å². The maximum Gasteiger partial charge on any atom is 0.0755 e. The second kappa shape index (κ2) is 2.75. The van der Waals surface area contributed by atoms with E-state index < -0.39 is 4.87 Å². The summed E-state index contributed by atoms with van der Waals surface area (Å²) < 4.78 is 0. The predicted octanol–water partition coefficient (Wildman–Crippen LogP) is 2.80. The number of hydrogen-bond donors (Lipinski definition) is 0. The summed E-state index contributed by atoms with van der Waals surface area (Å²) in [6.45, 7) is 7.21. The highest BCUT2D eigenvalue weighted by atomic mass is 35.5. The molecule has 0 unspecified atom stereocenters. The maximum absolute atomic E-state index is 5.81. The lowest BCUT2D eigenvalue weighted by Crippen LogP contribution is -2.23. The molecule has 0 aromatic rings. The van der Waals surface area contributed by atoms with Gasteiger partial charge in [-0.25, -0.2) is 0 Å². The molecule has 0 aromatic carbocycles. The fourth-order valence-corrected chi connectivity index (χ4v) is 0.251. The average molecular weight is 153 g/mol. The van der Waals surface area contributed by atoms with Crippen molar-refractivity contribution in [2.24, 2.45) is 0 Å². The van der Waals surface area contributed by atoms with Crippen LogP contribution in [0.2, 0.25) is 0 Å². The van der Waals surface area contributed by atoms with Crippen LogP contribution in [-0.2, 0) is 0 Å². The number of hydrogen-bond acceptors (Lipinski definition) is 0. The van der Waals surface area contributed by atoms with Gasteiger partial charge in [0, 0.05) is 0 Å². The van der Waals surface area contributed by atoms with Gasteiger partial charge in [0.05, 0.1) is 10.3 Å². The number of allylic oxidation sites excluding steroid dienone is 1. The summed E-state index contributed by atoms with van der Waals surface area (Å²) in [6.07, 6.45) is 1.65. The summed E-state index contributed by atoms with van der Waals surface area (Å²) in [5, 5.41) is -0.0679. The van der Waals surface area contributed by atoms with Gasteiger partial charge in [0.2, 0.25) is 0 Å². The van der Waals surface area contributed by atoms with Gasteiger partial charge in [-0.1, -0.05) is 6.08 Å². The van der Waals surface area contributed by atoms with Gasteiger partial charge in [-0.3, -0.25) is 0 Å². The molecule has 8 heavy (non-hydrogen) atoms. The first-order valence-corrected chi connectivity index (χ1v) is 3.28. The van der Waals surface area contributed by atoms with Crippen LogP contribution < -0.4 is 0 Å². The van der Waals surface area contributed by atoms with Crippen LogP contribution in [0.4, 0.5) is 0 Å². The smallest absolute Gasteiger partial charge is 0.0755 e. The zero-order valence-electron chi connectivity index (χ0n) is 5.12. The van der Waals surface area contributed by atoms with Crippen molar-refractivity contribution in [1.29, 1.82) is 0 Å². The van der Waals surface area contributed by atoms with Gasteiger partial charge >= 0.3 is 0 Å². The predicted molar refractivity (Wildman–Crippen MR) is 39.8 cm³/mol. The van der Waals surface area contributed by atoms with Gasteiger partial charge in [0.25, 0.3) is 0 Å². The average Bonchev–Trinajstić information content (AvgIpc) is 1.67. The highest BCUT2D eigenvalue weighted by Crippen LogP contribution is 2.24. The molecule has 0 radical (unpaired) electrons. The number of halogens is 2. The Balaban J connectivity index is 3.90. The van der Waals surface area contributed by atoms with E-state index in [1.54, 1.807) is 6.08 Å². The molecule has 0 bridgehead atoms. The van der Waals surface area contributed by atoms with Crippen molar-refractivity contribution in [3.63, 3.8) is 0 Å². The molecule has 0 aliphatic carbocycles. The normalized spacial score (nSPS) is 21.5. The fraction of sp³-hybridized carbons (Fsp3) is 0.667. The van der Waals surface area contributed by atoms with Crippen molar-refractivity contribution >= 4 is 23.2 Å². The van der Waals surface area contributed by atoms with Crippen molar-refractivity contribution in [1.82, 2.24) is 0 Å². The third-order valence-electron chi connectivity index (χ3n) is 1.18. The van der Waals surface area contributed by atoms with Crippen molar-refractivity contribution in [2.45, 2.75) is 24.1 Å². The van der Waals surface area contributed by atoms with E-state index in [0.29, 0.717) is 0 Å². The van der Waals surface area contributed by atoms with Crippen molar-refractivity contribution in [2.75, 3.05) is 0 Å². The Kier molecular flexibility index (Phi) is 2.86. The van der Waals surface area contributed by atoms with Gasteiger partial charge in [0.15, 0.2) is 0 Å². The Labute approximate surface area is 60.5 Å². The van der Waals surface area contributed by atoms with Gasteiger partial charge < -0.3 is 0 Å². The highest BCUT2D eigenvalue weighted by Gasteiger charge is 2.21. The Morgan fingerprint density at radius 1 is 1.75 bits per heavy atom. The summed E-state index contributed by atoms with van der Waals surface area (Å²) in [5.74, 6) is 0. The van der Waals surface area contributed by atoms with E-state index in [1.165, 1.54) is 0 Å². The van der Waals surface area contributed by atoms with Gasteiger partial charge in [0.1, 0.15) is 0 Å². The standard InChI is InChI=1S/C6H10Cl2/c1-4-6(3,8)5(2)7/h4-5H,1H2,2-3H3/t5-,6-/m0/s1. The van der Waals surface area contributed by atoms with Crippen molar-refractivity contribution in [3.05, 3.63) is 12.7 Å². The third-order valence-corrected chi connectivity index (χ3v) is 2.22. The zero-order chi connectivity index (χ0) is 6.78. The Morgan fingerprint density at radius 2 is 2.12 bits per heavy atom. The van der Waals surface area contributed by atoms with E-state index in [4.69, 9.17) is 23.2 Å². The molecule has 2 atom stereocenters. The largest absolute Gasteiger partial charge is 0.121 e. The maximum atomic E-state index is 5.81. The number of rotatable bonds is 2. The molecule has 0 saturated carbocycles. The lowest BCUT2D eigenvalue weighted by Gasteiger charge is -2.18. The molecule has 0 aliphatic heterocycles. The Bertz CT molecular complexity index is 84.5. The van der Waals surface area contributed by atoms with Gasteiger partial charge in [-0.2, -0.15) is 0 Å².